The third-order valence-corrected chi connectivity index (χ3v) is 4.13. The molecule has 0 spiro atoms. The lowest BCUT2D eigenvalue weighted by Crippen LogP contribution is -2.45. The van der Waals surface area contributed by atoms with E-state index in [0.29, 0.717) is 11.9 Å². The van der Waals surface area contributed by atoms with Gasteiger partial charge in [0.15, 0.2) is 5.84 Å². The zero-order chi connectivity index (χ0) is 11.3. The molecule has 0 aromatic heterocycles. The Morgan fingerprint density at radius 1 is 1.67 bits per heavy atom. The van der Waals surface area contributed by atoms with E-state index in [-0.39, 0.29) is 6.04 Å². The highest BCUT2D eigenvalue weighted by molar-refractivity contribution is 7.99. The lowest BCUT2D eigenvalue weighted by molar-refractivity contribution is 0.313. The molecule has 0 saturated heterocycles. The molecule has 4 nitrogen and oxygen atoms in total. The first-order valence-corrected chi connectivity index (χ1v) is 6.76. The summed E-state index contributed by atoms with van der Waals surface area (Å²) in [4.78, 5) is 0. The molecule has 0 aliphatic heterocycles. The van der Waals surface area contributed by atoms with Crippen LogP contribution in [0.15, 0.2) is 5.16 Å². The molecule has 3 unspecified atom stereocenters. The molecule has 15 heavy (non-hydrogen) atoms. The van der Waals surface area contributed by atoms with Crippen LogP contribution in [0.5, 0.6) is 0 Å². The smallest absolute Gasteiger partial charge is 0.156 e. The van der Waals surface area contributed by atoms with Gasteiger partial charge in [-0.05, 0) is 31.9 Å². The monoisotopic (exact) mass is 231 g/mol. The van der Waals surface area contributed by atoms with E-state index in [1.165, 1.54) is 19.3 Å². The fourth-order valence-corrected chi connectivity index (χ4v) is 2.87. The van der Waals surface area contributed by atoms with Crippen LogP contribution in [0.4, 0.5) is 0 Å². The number of nitrogens with two attached hydrogens (primary N) is 1. The third-order valence-electron chi connectivity index (χ3n) is 3.04. The SMILES string of the molecule is CCC(NC1CCC(SC)C1)C(N)=NO. The molecule has 1 rings (SSSR count). The van der Waals surface area contributed by atoms with Gasteiger partial charge in [0.1, 0.15) is 0 Å². The molecule has 1 aliphatic carbocycles. The summed E-state index contributed by atoms with van der Waals surface area (Å²) < 4.78 is 0. The topological polar surface area (TPSA) is 70.6 Å². The summed E-state index contributed by atoms with van der Waals surface area (Å²) in [5.74, 6) is 0.296. The average Bonchev–Trinajstić information content (AvgIpc) is 2.72. The molecule has 5 heteroatoms. The van der Waals surface area contributed by atoms with E-state index in [1.54, 1.807) is 0 Å². The second-order valence-corrected chi connectivity index (χ2v) is 5.16. The van der Waals surface area contributed by atoms with Crippen LogP contribution in [0.2, 0.25) is 0 Å². The maximum Gasteiger partial charge on any atom is 0.156 e. The summed E-state index contributed by atoms with van der Waals surface area (Å²) >= 11 is 1.93. The van der Waals surface area contributed by atoms with Crippen molar-refractivity contribution < 1.29 is 5.21 Å². The lowest BCUT2D eigenvalue weighted by atomic mass is 10.1. The van der Waals surface area contributed by atoms with Crippen molar-refractivity contribution in [3.05, 3.63) is 0 Å². The van der Waals surface area contributed by atoms with Gasteiger partial charge >= 0.3 is 0 Å². The molecule has 0 heterocycles. The van der Waals surface area contributed by atoms with Gasteiger partial charge in [-0.2, -0.15) is 11.8 Å². The predicted molar refractivity (Wildman–Crippen MR) is 65.6 cm³/mol. The second kappa shape index (κ2) is 6.23. The first kappa shape index (κ1) is 12.6. The van der Waals surface area contributed by atoms with Gasteiger partial charge in [-0.3, -0.25) is 0 Å². The maximum absolute atomic E-state index is 8.63. The Bertz CT molecular complexity index is 223. The fourth-order valence-electron chi connectivity index (χ4n) is 2.07. The van der Waals surface area contributed by atoms with Crippen LogP contribution >= 0.6 is 11.8 Å². The molecule has 0 amide bonds. The normalized spacial score (nSPS) is 29.3. The highest BCUT2D eigenvalue weighted by Gasteiger charge is 2.26. The maximum atomic E-state index is 8.63. The lowest BCUT2D eigenvalue weighted by Gasteiger charge is -2.20. The van der Waals surface area contributed by atoms with E-state index < -0.39 is 0 Å². The van der Waals surface area contributed by atoms with E-state index in [2.05, 4.69) is 16.7 Å². The highest BCUT2D eigenvalue weighted by atomic mass is 32.2. The van der Waals surface area contributed by atoms with Crippen LogP contribution in [0, 0.1) is 0 Å². The first-order valence-electron chi connectivity index (χ1n) is 5.47. The molecule has 3 atom stereocenters. The van der Waals surface area contributed by atoms with Crippen LogP contribution in [0.1, 0.15) is 32.6 Å². The van der Waals surface area contributed by atoms with Crippen LogP contribution in [-0.4, -0.2) is 34.6 Å². The van der Waals surface area contributed by atoms with Crippen molar-refractivity contribution in [1.82, 2.24) is 5.32 Å². The molecule has 88 valence electrons. The first-order chi connectivity index (χ1) is 7.21. The van der Waals surface area contributed by atoms with E-state index in [1.807, 2.05) is 18.7 Å². The van der Waals surface area contributed by atoms with Crippen LogP contribution < -0.4 is 11.1 Å². The molecule has 1 fully saturated rings. The number of hydrogen-bond acceptors (Lipinski definition) is 4. The highest BCUT2D eigenvalue weighted by Crippen LogP contribution is 2.28. The number of rotatable bonds is 5. The summed E-state index contributed by atoms with van der Waals surface area (Å²) in [6.45, 7) is 2.04. The number of amidine groups is 1. The second-order valence-electron chi connectivity index (χ2n) is 4.02. The number of thioether (sulfide) groups is 1. The minimum atomic E-state index is 0.0145. The Labute approximate surface area is 95.7 Å². The van der Waals surface area contributed by atoms with Crippen molar-refractivity contribution in [2.24, 2.45) is 10.9 Å². The molecular formula is C10H21N3OS. The van der Waals surface area contributed by atoms with E-state index in [0.717, 1.165) is 11.7 Å². The Balaban J connectivity index is 2.40. The number of hydrogen-bond donors (Lipinski definition) is 3. The molecule has 4 N–H and O–H groups in total. The van der Waals surface area contributed by atoms with E-state index >= 15 is 0 Å². The molecular weight excluding hydrogens is 210 g/mol. The zero-order valence-electron chi connectivity index (χ0n) is 9.44. The van der Waals surface area contributed by atoms with Gasteiger partial charge in [0, 0.05) is 11.3 Å². The molecule has 0 radical (unpaired) electrons. The van der Waals surface area contributed by atoms with E-state index in [9.17, 15) is 0 Å². The van der Waals surface area contributed by atoms with Gasteiger partial charge < -0.3 is 16.3 Å². The van der Waals surface area contributed by atoms with E-state index in [4.69, 9.17) is 10.9 Å². The van der Waals surface area contributed by atoms with Crippen LogP contribution in [0.3, 0.4) is 0 Å². The largest absolute Gasteiger partial charge is 0.409 e. The molecule has 0 aromatic carbocycles. The standard InChI is InChI=1S/C10H21N3OS/c1-3-9(10(11)13-14)12-7-4-5-8(6-7)15-2/h7-9,12,14H,3-6H2,1-2H3,(H2,11,13). The number of oxime groups is 1. The fraction of sp³-hybridized carbons (Fsp3) is 0.900. The van der Waals surface area contributed by atoms with Crippen molar-refractivity contribution in [3.8, 4) is 0 Å². The molecule has 0 aromatic rings. The van der Waals surface area contributed by atoms with Crippen molar-refractivity contribution in [2.45, 2.75) is 49.9 Å². The van der Waals surface area contributed by atoms with Crippen molar-refractivity contribution in [3.63, 3.8) is 0 Å². The minimum absolute atomic E-state index is 0.0145. The van der Waals surface area contributed by atoms with Crippen molar-refractivity contribution in [2.75, 3.05) is 6.26 Å². The van der Waals surface area contributed by atoms with Gasteiger partial charge in [-0.1, -0.05) is 12.1 Å². The summed E-state index contributed by atoms with van der Waals surface area (Å²) in [6, 6.07) is 0.535. The van der Waals surface area contributed by atoms with Crippen molar-refractivity contribution >= 4 is 17.6 Å². The Hall–Kier alpha value is -0.420. The minimum Gasteiger partial charge on any atom is -0.409 e. The summed E-state index contributed by atoms with van der Waals surface area (Å²) in [6.07, 6.45) is 6.67. The van der Waals surface area contributed by atoms with Gasteiger partial charge in [0.05, 0.1) is 6.04 Å². The summed E-state index contributed by atoms with van der Waals surface area (Å²) in [7, 11) is 0. The average molecular weight is 231 g/mol. The van der Waals surface area contributed by atoms with Gasteiger partial charge in [-0.15, -0.1) is 0 Å². The number of nitrogens with zero attached hydrogens (tertiary/aromatic N) is 1. The molecule has 1 aliphatic rings. The Kier molecular flexibility index (Phi) is 5.25. The summed E-state index contributed by atoms with van der Waals surface area (Å²) in [5, 5.41) is 15.9. The molecule has 0 bridgehead atoms. The summed E-state index contributed by atoms with van der Waals surface area (Å²) in [5.41, 5.74) is 5.61. The zero-order valence-corrected chi connectivity index (χ0v) is 10.3. The van der Waals surface area contributed by atoms with Gasteiger partial charge in [0.2, 0.25) is 0 Å². The van der Waals surface area contributed by atoms with Gasteiger partial charge in [-0.25, -0.2) is 0 Å². The van der Waals surface area contributed by atoms with Crippen molar-refractivity contribution in [1.29, 1.82) is 0 Å². The molecule has 1 saturated carbocycles. The van der Waals surface area contributed by atoms with Crippen LogP contribution in [-0.2, 0) is 0 Å². The van der Waals surface area contributed by atoms with Gasteiger partial charge in [0.25, 0.3) is 0 Å². The Morgan fingerprint density at radius 3 is 2.87 bits per heavy atom. The predicted octanol–water partition coefficient (Wildman–Crippen LogP) is 1.39. The number of nitrogens with one attached hydrogen (secondary N) is 1. The third kappa shape index (κ3) is 3.57. The Morgan fingerprint density at radius 2 is 2.40 bits per heavy atom. The quantitative estimate of drug-likeness (QED) is 0.289. The van der Waals surface area contributed by atoms with Crippen LogP contribution in [0.25, 0.3) is 0 Å².